The van der Waals surface area contributed by atoms with Gasteiger partial charge in [0.05, 0.1) is 11.0 Å². The summed E-state index contributed by atoms with van der Waals surface area (Å²) in [5.41, 5.74) is 32.9. The molecule has 2 aliphatic carbocycles. The molecular formula is C25H31N13+2. The number of H-pyrrole nitrogens is 2. The summed E-state index contributed by atoms with van der Waals surface area (Å²) in [6.45, 7) is 0. The molecule has 7 rings (SSSR count). The Morgan fingerprint density at radius 1 is 0.579 bits per heavy atom. The largest absolute Gasteiger partial charge is 0.307 e. The summed E-state index contributed by atoms with van der Waals surface area (Å²) in [6.07, 6.45) is 0. The van der Waals surface area contributed by atoms with Gasteiger partial charge in [0.15, 0.2) is 0 Å². The van der Waals surface area contributed by atoms with Crippen LogP contribution in [-0.4, -0.2) is 17.0 Å². The van der Waals surface area contributed by atoms with Crippen molar-refractivity contribution in [2.24, 2.45) is 52.1 Å². The van der Waals surface area contributed by atoms with Crippen molar-refractivity contribution in [1.29, 1.82) is 0 Å². The quantitative estimate of drug-likeness (QED) is 0.0625. The highest BCUT2D eigenvalue weighted by atomic mass is 15.9. The van der Waals surface area contributed by atoms with Crippen molar-refractivity contribution in [2.75, 3.05) is 7.05 Å². The van der Waals surface area contributed by atoms with Gasteiger partial charge in [0, 0.05) is 34.0 Å². The second-order valence-corrected chi connectivity index (χ2v) is 10.9. The lowest BCUT2D eigenvalue weighted by Gasteiger charge is -2.30. The minimum Gasteiger partial charge on any atom is -0.307 e. The summed E-state index contributed by atoms with van der Waals surface area (Å²) in [7, 11) is 1.67. The molecule has 2 heterocycles. The van der Waals surface area contributed by atoms with Gasteiger partial charge >= 0.3 is 0 Å². The van der Waals surface area contributed by atoms with Crippen molar-refractivity contribution in [3.05, 3.63) is 70.8 Å². The average molecular weight is 514 g/mol. The molecule has 20 N–H and O–H groups in total. The Morgan fingerprint density at radius 2 is 1.00 bits per heavy atom. The maximum atomic E-state index is 6.91. The summed E-state index contributed by atoms with van der Waals surface area (Å²) in [5.74, 6) is 30.7. The molecule has 0 atom stereocenters. The van der Waals surface area contributed by atoms with Crippen LogP contribution in [0.2, 0.25) is 0 Å². The highest BCUT2D eigenvalue weighted by molar-refractivity contribution is 5.99. The number of nitrogens with zero attached hydrogens (tertiary/aromatic N) is 2. The lowest BCUT2D eigenvalue weighted by atomic mass is 9.87. The Bertz CT molecular complexity index is 1710. The number of hydrogen-bond acceptors (Lipinski definition) is 9. The zero-order valence-corrected chi connectivity index (χ0v) is 20.7. The monoisotopic (exact) mass is 513 g/mol. The summed E-state index contributed by atoms with van der Waals surface area (Å²) >= 11 is 0. The third kappa shape index (κ3) is 2.85. The zero-order valence-electron chi connectivity index (χ0n) is 20.7. The van der Waals surface area contributed by atoms with Gasteiger partial charge in [-0.25, -0.2) is 0 Å². The van der Waals surface area contributed by atoms with E-state index in [4.69, 9.17) is 52.1 Å². The highest BCUT2D eigenvalue weighted by Crippen LogP contribution is 2.55. The van der Waals surface area contributed by atoms with E-state index in [-0.39, 0.29) is 4.70 Å². The van der Waals surface area contributed by atoms with Crippen molar-refractivity contribution in [2.45, 2.75) is 11.3 Å². The van der Waals surface area contributed by atoms with Crippen LogP contribution < -0.4 is 61.7 Å². The van der Waals surface area contributed by atoms with Gasteiger partial charge in [0.25, 0.3) is 5.82 Å². The average Bonchev–Trinajstić information content (AvgIpc) is 3.53. The molecule has 3 aromatic carbocycles. The molecule has 0 unspecified atom stereocenters. The molecule has 194 valence electrons. The Kier molecular flexibility index (Phi) is 4.10. The Balaban J connectivity index is 1.46. The van der Waals surface area contributed by atoms with Crippen LogP contribution in [0, 0.1) is 0 Å². The Morgan fingerprint density at radius 3 is 1.42 bits per heavy atom. The standard InChI is InChI=1S/C25H31N13/c1-37(30,31)20-6-10-4-16-14(8-18(10)35-20)12-2-3-13-15-9-19-11(7-21(36-19)38(32,33)34)5-17(15)25(28,29)23(13)22(12)24(16,26)27/h2-9,35-36H,26-34H2,1H3/q+2. The molecule has 0 amide bonds. The first-order valence-electron chi connectivity index (χ1n) is 12.0. The molecule has 0 bridgehead atoms. The van der Waals surface area contributed by atoms with Gasteiger partial charge < -0.3 is 32.9 Å². The van der Waals surface area contributed by atoms with E-state index < -0.39 is 16.1 Å². The van der Waals surface area contributed by atoms with Gasteiger partial charge in [0.2, 0.25) is 5.82 Å². The molecule has 13 nitrogen and oxygen atoms in total. The van der Waals surface area contributed by atoms with E-state index >= 15 is 0 Å². The molecule has 0 saturated heterocycles. The van der Waals surface area contributed by atoms with Crippen LogP contribution in [0.1, 0.15) is 22.3 Å². The molecular weight excluding hydrogens is 482 g/mol. The maximum Gasteiger partial charge on any atom is 0.265 e. The van der Waals surface area contributed by atoms with Crippen molar-refractivity contribution in [1.82, 2.24) is 19.5 Å². The first kappa shape index (κ1) is 23.4. The molecule has 38 heavy (non-hydrogen) atoms. The van der Waals surface area contributed by atoms with E-state index in [9.17, 15) is 0 Å². The summed E-state index contributed by atoms with van der Waals surface area (Å²) in [4.78, 5) is 5.65. The number of nitrogens with two attached hydrogens (primary N) is 9. The smallest absolute Gasteiger partial charge is 0.265 e. The second kappa shape index (κ2) is 6.65. The lowest BCUT2D eigenvalue weighted by molar-refractivity contribution is 0.295. The van der Waals surface area contributed by atoms with Crippen LogP contribution in [0.15, 0.2) is 48.5 Å². The zero-order chi connectivity index (χ0) is 27.2. The minimum absolute atomic E-state index is 0.335. The normalized spacial score (nSPS) is 17.1. The molecule has 5 aromatic rings. The van der Waals surface area contributed by atoms with Crippen LogP contribution in [-0.2, 0) is 11.3 Å². The second-order valence-electron chi connectivity index (χ2n) is 10.9. The maximum absolute atomic E-state index is 6.91. The number of benzene rings is 3. The number of fused-ring (bicyclic) bond motifs is 9. The summed E-state index contributed by atoms with van der Waals surface area (Å²) < 4.78 is -0.335. The molecule has 2 aliphatic rings. The Hall–Kier alpha value is -3.70. The molecule has 2 aromatic heterocycles. The SMILES string of the molecule is C[N+](N)(N)c1cc2cc3c(cc2[nH]1)-c1ccc2c(c1C3(N)N)C(N)(N)c1cc3cc([N+](N)(N)N)[nH]c3cc1-2. The van der Waals surface area contributed by atoms with Gasteiger partial charge in [-0.15, -0.1) is 22.2 Å². The van der Waals surface area contributed by atoms with E-state index in [1.54, 1.807) is 13.1 Å². The fourth-order valence-electron chi connectivity index (χ4n) is 6.11. The number of quaternary nitrogens is 2. The van der Waals surface area contributed by atoms with Gasteiger partial charge in [-0.1, -0.05) is 16.9 Å². The number of hydrogen-bond donors (Lipinski definition) is 11. The third-order valence-electron chi connectivity index (χ3n) is 7.93. The lowest BCUT2D eigenvalue weighted by Crippen LogP contribution is -2.68. The highest BCUT2D eigenvalue weighted by Gasteiger charge is 2.48. The van der Waals surface area contributed by atoms with Gasteiger partial charge in [-0.05, 0) is 57.6 Å². The summed E-state index contributed by atoms with van der Waals surface area (Å²) in [6, 6.07) is 15.5. The van der Waals surface area contributed by atoms with Crippen molar-refractivity contribution >= 4 is 33.4 Å². The van der Waals surface area contributed by atoms with Crippen LogP contribution >= 0.6 is 0 Å². The number of aromatic amines is 2. The summed E-state index contributed by atoms with van der Waals surface area (Å²) in [5, 5.41) is 1.70. The number of nitrogens with one attached hydrogen (secondary N) is 2. The molecule has 13 heteroatoms. The van der Waals surface area contributed by atoms with E-state index in [0.717, 1.165) is 55.2 Å². The third-order valence-corrected chi connectivity index (χ3v) is 7.93. The van der Waals surface area contributed by atoms with Crippen molar-refractivity contribution in [3.8, 4) is 22.3 Å². The van der Waals surface area contributed by atoms with Crippen LogP contribution in [0.5, 0.6) is 0 Å². The predicted molar refractivity (Wildman–Crippen MR) is 150 cm³/mol. The number of rotatable bonds is 2. The van der Waals surface area contributed by atoms with E-state index in [1.165, 1.54) is 0 Å². The molecule has 0 aliphatic heterocycles. The van der Waals surface area contributed by atoms with Crippen molar-refractivity contribution < 1.29 is 0 Å². The number of aromatic nitrogens is 2. The van der Waals surface area contributed by atoms with Gasteiger partial charge in [-0.3, -0.25) is 0 Å². The Labute approximate surface area is 216 Å². The minimum atomic E-state index is -1.36. The fourth-order valence-corrected chi connectivity index (χ4v) is 6.11. The van der Waals surface area contributed by atoms with Crippen LogP contribution in [0.25, 0.3) is 44.1 Å². The van der Waals surface area contributed by atoms with E-state index in [2.05, 4.69) is 9.97 Å². The predicted octanol–water partition coefficient (Wildman–Crippen LogP) is -0.540. The van der Waals surface area contributed by atoms with E-state index in [0.29, 0.717) is 22.8 Å². The fraction of sp³-hybridized carbons (Fsp3) is 0.120. The topological polar surface area (TPSA) is 266 Å². The van der Waals surface area contributed by atoms with Crippen LogP contribution in [0.3, 0.4) is 0 Å². The van der Waals surface area contributed by atoms with E-state index in [1.807, 2.05) is 42.5 Å². The van der Waals surface area contributed by atoms with Crippen molar-refractivity contribution in [3.63, 3.8) is 0 Å². The first-order chi connectivity index (χ1) is 17.6. The molecule has 0 spiro atoms. The van der Waals surface area contributed by atoms with Gasteiger partial charge in [-0.2, -0.15) is 11.7 Å². The first-order valence-corrected chi connectivity index (χ1v) is 12.0. The van der Waals surface area contributed by atoms with Gasteiger partial charge in [0.1, 0.15) is 18.4 Å². The molecule has 0 radical (unpaired) electrons. The molecule has 0 fully saturated rings. The molecule has 0 saturated carbocycles. The van der Waals surface area contributed by atoms with Crippen LogP contribution in [0.4, 0.5) is 11.6 Å².